The maximum absolute atomic E-state index is 12.0. The number of hydrogen-bond donors (Lipinski definition) is 3. The normalized spacial score (nSPS) is 18.2. The highest BCUT2D eigenvalue weighted by atomic mass is 32.2. The van der Waals surface area contributed by atoms with Gasteiger partial charge in [-0.2, -0.15) is 0 Å². The van der Waals surface area contributed by atoms with Crippen LogP contribution in [0.25, 0.3) is 0 Å². The molecule has 1 aromatic carbocycles. The van der Waals surface area contributed by atoms with Crippen LogP contribution in [0.5, 0.6) is 0 Å². The molecule has 0 bridgehead atoms. The minimum absolute atomic E-state index is 0.0703. The van der Waals surface area contributed by atoms with Crippen molar-refractivity contribution in [3.8, 4) is 0 Å². The lowest BCUT2D eigenvalue weighted by Crippen LogP contribution is -2.43. The maximum Gasteiger partial charge on any atom is 0.319 e. The molecule has 26 heavy (non-hydrogen) atoms. The van der Waals surface area contributed by atoms with E-state index in [0.29, 0.717) is 31.7 Å². The van der Waals surface area contributed by atoms with Crippen LogP contribution in [0.3, 0.4) is 0 Å². The van der Waals surface area contributed by atoms with E-state index in [4.69, 9.17) is 0 Å². The number of rotatable bonds is 6. The molecule has 0 aliphatic carbocycles. The summed E-state index contributed by atoms with van der Waals surface area (Å²) in [4.78, 5) is 23.4. The third-order valence-corrected chi connectivity index (χ3v) is 5.63. The molecule has 1 aliphatic rings. The van der Waals surface area contributed by atoms with Crippen LogP contribution < -0.4 is 16.0 Å². The Labute approximate surface area is 154 Å². The van der Waals surface area contributed by atoms with E-state index in [2.05, 4.69) is 16.0 Å². The third-order valence-electron chi connectivity index (χ3n) is 4.36. The van der Waals surface area contributed by atoms with Crippen LogP contribution in [-0.2, 0) is 21.2 Å². The first-order chi connectivity index (χ1) is 12.3. The number of urea groups is 1. The molecule has 0 spiro atoms. The van der Waals surface area contributed by atoms with Gasteiger partial charge in [-0.25, -0.2) is 17.5 Å². The summed E-state index contributed by atoms with van der Waals surface area (Å²) >= 11 is 0. The van der Waals surface area contributed by atoms with Crippen LogP contribution in [-0.4, -0.2) is 57.6 Å². The topological polar surface area (TPSA) is 108 Å². The van der Waals surface area contributed by atoms with Crippen molar-refractivity contribution in [2.45, 2.75) is 19.3 Å². The highest BCUT2D eigenvalue weighted by Crippen LogP contribution is 2.18. The Hall–Kier alpha value is -2.13. The quantitative estimate of drug-likeness (QED) is 0.675. The molecule has 1 atom stereocenters. The van der Waals surface area contributed by atoms with E-state index in [1.54, 1.807) is 31.3 Å². The molecule has 3 amide bonds. The highest BCUT2D eigenvalue weighted by Gasteiger charge is 2.25. The summed E-state index contributed by atoms with van der Waals surface area (Å²) < 4.78 is 24.7. The molecule has 9 heteroatoms. The Bertz CT molecular complexity index is 734. The lowest BCUT2D eigenvalue weighted by atomic mass is 10.00. The van der Waals surface area contributed by atoms with Crippen LogP contribution >= 0.6 is 0 Å². The average Bonchev–Trinajstić information content (AvgIpc) is 2.61. The average molecular weight is 382 g/mol. The summed E-state index contributed by atoms with van der Waals surface area (Å²) in [6, 6.07) is 6.72. The number of nitrogens with one attached hydrogen (secondary N) is 3. The lowest BCUT2D eigenvalue weighted by Gasteiger charge is -2.30. The maximum atomic E-state index is 12.0. The predicted octanol–water partition coefficient (Wildman–Crippen LogP) is 0.768. The van der Waals surface area contributed by atoms with Crippen LogP contribution in [0.2, 0.25) is 0 Å². The largest absolute Gasteiger partial charge is 0.359 e. The van der Waals surface area contributed by atoms with Gasteiger partial charge in [0.25, 0.3) is 0 Å². The van der Waals surface area contributed by atoms with Gasteiger partial charge in [0, 0.05) is 32.4 Å². The molecule has 1 saturated heterocycles. The van der Waals surface area contributed by atoms with Crippen LogP contribution in [0.15, 0.2) is 24.3 Å². The van der Waals surface area contributed by atoms with E-state index in [1.165, 1.54) is 10.6 Å². The van der Waals surface area contributed by atoms with Gasteiger partial charge in [0.05, 0.1) is 12.7 Å². The number of hydrogen-bond acceptors (Lipinski definition) is 4. The van der Waals surface area contributed by atoms with Gasteiger partial charge in [0.15, 0.2) is 0 Å². The van der Waals surface area contributed by atoms with Crippen LogP contribution in [0, 0.1) is 5.92 Å². The monoisotopic (exact) mass is 382 g/mol. The van der Waals surface area contributed by atoms with Crippen molar-refractivity contribution in [1.29, 1.82) is 0 Å². The minimum atomic E-state index is -3.18. The van der Waals surface area contributed by atoms with Crippen LogP contribution in [0.1, 0.15) is 18.4 Å². The molecule has 0 aromatic heterocycles. The number of sulfonamides is 1. The van der Waals surface area contributed by atoms with Gasteiger partial charge in [0.2, 0.25) is 15.9 Å². The fourth-order valence-corrected chi connectivity index (χ4v) is 3.83. The molecule has 2 rings (SSSR count). The van der Waals surface area contributed by atoms with Gasteiger partial charge in [-0.05, 0) is 36.5 Å². The SMILES string of the molecule is CNC(=O)Cc1ccc(NC(=O)NC[C@H]2CCCN(S(C)(=O)=O)C2)cc1. The third kappa shape index (κ3) is 6.30. The number of benzene rings is 1. The first-order valence-electron chi connectivity index (χ1n) is 8.57. The minimum Gasteiger partial charge on any atom is -0.359 e. The second-order valence-electron chi connectivity index (χ2n) is 6.51. The summed E-state index contributed by atoms with van der Waals surface area (Å²) in [5.41, 5.74) is 1.49. The van der Waals surface area contributed by atoms with Gasteiger partial charge < -0.3 is 16.0 Å². The smallest absolute Gasteiger partial charge is 0.319 e. The first-order valence-corrected chi connectivity index (χ1v) is 10.4. The molecular formula is C17H26N4O4S. The number of carbonyl (C=O) groups excluding carboxylic acids is 2. The molecule has 0 saturated carbocycles. The number of anilines is 1. The van der Waals surface area contributed by atoms with E-state index >= 15 is 0 Å². The zero-order valence-electron chi connectivity index (χ0n) is 15.1. The fraction of sp³-hybridized carbons (Fsp3) is 0.529. The second-order valence-corrected chi connectivity index (χ2v) is 8.49. The zero-order chi connectivity index (χ0) is 19.2. The van der Waals surface area contributed by atoms with E-state index < -0.39 is 10.0 Å². The molecule has 8 nitrogen and oxygen atoms in total. The van der Waals surface area contributed by atoms with Gasteiger partial charge in [-0.1, -0.05) is 12.1 Å². The summed E-state index contributed by atoms with van der Waals surface area (Å²) in [6.07, 6.45) is 3.19. The Morgan fingerprint density at radius 3 is 2.54 bits per heavy atom. The van der Waals surface area contributed by atoms with Crippen molar-refractivity contribution >= 4 is 27.6 Å². The van der Waals surface area contributed by atoms with Crippen molar-refractivity contribution in [3.05, 3.63) is 29.8 Å². The van der Waals surface area contributed by atoms with Crippen LogP contribution in [0.4, 0.5) is 10.5 Å². The Balaban J connectivity index is 1.79. The highest BCUT2D eigenvalue weighted by molar-refractivity contribution is 7.88. The van der Waals surface area contributed by atoms with E-state index in [1.807, 2.05) is 0 Å². The molecule has 0 radical (unpaired) electrons. The second kappa shape index (κ2) is 9.00. The van der Waals surface area contributed by atoms with E-state index in [0.717, 1.165) is 18.4 Å². The Morgan fingerprint density at radius 1 is 1.23 bits per heavy atom. The molecule has 1 aliphatic heterocycles. The van der Waals surface area contributed by atoms with E-state index in [9.17, 15) is 18.0 Å². The number of piperidine rings is 1. The zero-order valence-corrected chi connectivity index (χ0v) is 15.9. The van der Waals surface area contributed by atoms with Gasteiger partial charge in [-0.15, -0.1) is 0 Å². The molecule has 1 fully saturated rings. The van der Waals surface area contributed by atoms with Crippen molar-refractivity contribution < 1.29 is 18.0 Å². The first kappa shape index (κ1) is 20.2. The van der Waals surface area contributed by atoms with Crippen molar-refractivity contribution in [2.24, 2.45) is 5.92 Å². The van der Waals surface area contributed by atoms with Gasteiger partial charge >= 0.3 is 6.03 Å². The van der Waals surface area contributed by atoms with Crippen molar-refractivity contribution in [2.75, 3.05) is 38.3 Å². The molecule has 1 heterocycles. The fourth-order valence-electron chi connectivity index (χ4n) is 2.89. The summed E-state index contributed by atoms with van der Waals surface area (Å²) in [5, 5.41) is 8.09. The predicted molar refractivity (Wildman–Crippen MR) is 100 cm³/mol. The molecular weight excluding hydrogens is 356 g/mol. The number of amides is 3. The number of carbonyl (C=O) groups is 2. The Morgan fingerprint density at radius 2 is 1.92 bits per heavy atom. The lowest BCUT2D eigenvalue weighted by molar-refractivity contribution is -0.119. The van der Waals surface area contributed by atoms with Gasteiger partial charge in [-0.3, -0.25) is 4.79 Å². The molecule has 1 aromatic rings. The molecule has 144 valence electrons. The van der Waals surface area contributed by atoms with Crippen molar-refractivity contribution in [1.82, 2.24) is 14.9 Å². The van der Waals surface area contributed by atoms with Crippen molar-refractivity contribution in [3.63, 3.8) is 0 Å². The van der Waals surface area contributed by atoms with Gasteiger partial charge in [0.1, 0.15) is 0 Å². The standard InChI is InChI=1S/C17H26N4O4S/c1-18-16(22)10-13-5-7-15(8-6-13)20-17(23)19-11-14-4-3-9-21(12-14)26(2,24)25/h5-8,14H,3-4,9-12H2,1-2H3,(H,18,22)(H2,19,20,23)/t14-/m1/s1. The molecule has 3 N–H and O–H groups in total. The van der Waals surface area contributed by atoms with E-state index in [-0.39, 0.29) is 17.9 Å². The summed E-state index contributed by atoms with van der Waals surface area (Å²) in [5.74, 6) is 0.0400. The number of nitrogens with zero attached hydrogens (tertiary/aromatic N) is 1. The molecule has 0 unspecified atom stereocenters. The Kier molecular flexibility index (Phi) is 6.98. The summed E-state index contributed by atoms with van der Waals surface area (Å²) in [6.45, 7) is 1.41. The summed E-state index contributed by atoms with van der Waals surface area (Å²) in [7, 11) is -1.60. The number of likely N-dealkylation sites (N-methyl/N-ethyl adjacent to an activating group) is 1.